The van der Waals surface area contributed by atoms with Crippen LogP contribution in [0, 0.1) is 5.92 Å². The average Bonchev–Trinajstić information content (AvgIpc) is 3.16. The summed E-state index contributed by atoms with van der Waals surface area (Å²) in [6.07, 6.45) is 5.63. The lowest BCUT2D eigenvalue weighted by Gasteiger charge is -2.15. The molecule has 9 nitrogen and oxygen atoms in total. The zero-order chi connectivity index (χ0) is 17.4. The molecule has 1 unspecified atom stereocenters. The van der Waals surface area contributed by atoms with E-state index in [1.165, 1.54) is 12.8 Å². The maximum atomic E-state index is 9.42. The molecule has 0 radical (unpaired) electrons. The van der Waals surface area contributed by atoms with Gasteiger partial charge in [0.25, 0.3) is 0 Å². The van der Waals surface area contributed by atoms with Gasteiger partial charge in [-0.15, -0.1) is 5.10 Å². The number of hydrogen-bond acceptors (Lipinski definition) is 7. The minimum absolute atomic E-state index is 0.382. The monoisotopic (exact) mass is 342 g/mol. The fourth-order valence-corrected chi connectivity index (χ4v) is 2.87. The van der Waals surface area contributed by atoms with E-state index < -0.39 is 6.10 Å². The number of nitrogens with zero attached hydrogens (tertiary/aromatic N) is 5. The third-order valence-corrected chi connectivity index (χ3v) is 4.34. The molecule has 0 aromatic carbocycles. The molecule has 3 aromatic rings. The van der Waals surface area contributed by atoms with E-state index in [4.69, 9.17) is 0 Å². The Morgan fingerprint density at radius 1 is 1.36 bits per heavy atom. The van der Waals surface area contributed by atoms with E-state index in [1.807, 2.05) is 12.3 Å². The SMILES string of the molecule is CC(O)Cn1cc(Nc2nc(N[C@H](C)C3CC3)c3cc[nH]c3n2)nn1. The lowest BCUT2D eigenvalue weighted by Crippen LogP contribution is -2.18. The van der Waals surface area contributed by atoms with Crippen LogP contribution < -0.4 is 10.6 Å². The Hall–Kier alpha value is -2.68. The van der Waals surface area contributed by atoms with Gasteiger partial charge in [0.15, 0.2) is 5.82 Å². The first kappa shape index (κ1) is 15.8. The predicted molar refractivity (Wildman–Crippen MR) is 94.7 cm³/mol. The molecule has 9 heteroatoms. The minimum Gasteiger partial charge on any atom is -0.391 e. The number of nitrogens with one attached hydrogen (secondary N) is 3. The van der Waals surface area contributed by atoms with Crippen LogP contribution in [0.3, 0.4) is 0 Å². The van der Waals surface area contributed by atoms with E-state index >= 15 is 0 Å². The number of aromatic amines is 1. The second-order valence-electron chi connectivity index (χ2n) is 6.71. The number of H-pyrrole nitrogens is 1. The van der Waals surface area contributed by atoms with Gasteiger partial charge in [-0.2, -0.15) is 9.97 Å². The van der Waals surface area contributed by atoms with Gasteiger partial charge in [0.05, 0.1) is 24.2 Å². The van der Waals surface area contributed by atoms with Crippen molar-refractivity contribution in [3.05, 3.63) is 18.5 Å². The van der Waals surface area contributed by atoms with Gasteiger partial charge in [0, 0.05) is 12.2 Å². The summed E-state index contributed by atoms with van der Waals surface area (Å²) in [4.78, 5) is 12.2. The van der Waals surface area contributed by atoms with Crippen LogP contribution in [-0.4, -0.2) is 47.2 Å². The van der Waals surface area contributed by atoms with Gasteiger partial charge in [-0.3, -0.25) is 0 Å². The molecule has 1 saturated carbocycles. The number of aromatic nitrogens is 6. The molecule has 1 fully saturated rings. The van der Waals surface area contributed by atoms with Crippen molar-refractivity contribution in [3.63, 3.8) is 0 Å². The number of rotatable bonds is 7. The molecule has 3 aromatic heterocycles. The number of aliphatic hydroxyl groups excluding tert-OH is 1. The van der Waals surface area contributed by atoms with Crippen molar-refractivity contribution in [2.75, 3.05) is 10.6 Å². The number of fused-ring (bicyclic) bond motifs is 1. The molecule has 0 bridgehead atoms. The lowest BCUT2D eigenvalue weighted by atomic mass is 10.2. The summed E-state index contributed by atoms with van der Waals surface area (Å²) in [7, 11) is 0. The first-order chi connectivity index (χ1) is 12.1. The lowest BCUT2D eigenvalue weighted by molar-refractivity contribution is 0.167. The summed E-state index contributed by atoms with van der Waals surface area (Å²) in [6.45, 7) is 4.28. The summed E-state index contributed by atoms with van der Waals surface area (Å²) >= 11 is 0. The fraction of sp³-hybridized carbons (Fsp3) is 0.500. The van der Waals surface area contributed by atoms with Gasteiger partial charge in [-0.1, -0.05) is 5.21 Å². The standard InChI is InChI=1S/C16H22N8O/c1-9(25)7-24-8-13(22-23-24)19-16-20-14-12(5-6-17-14)15(21-16)18-10(2)11-3-4-11/h5-6,8-11,25H,3-4,7H2,1-2H3,(H3,17,18,19,20,21)/t9?,10-/m1/s1. The zero-order valence-electron chi connectivity index (χ0n) is 14.3. The van der Waals surface area contributed by atoms with Crippen LogP contribution in [0.1, 0.15) is 26.7 Å². The molecule has 1 aliphatic carbocycles. The Balaban J connectivity index is 1.57. The van der Waals surface area contributed by atoms with Crippen molar-refractivity contribution >= 4 is 28.6 Å². The van der Waals surface area contributed by atoms with Crippen LogP contribution in [0.25, 0.3) is 11.0 Å². The molecular formula is C16H22N8O. The van der Waals surface area contributed by atoms with Gasteiger partial charge < -0.3 is 20.7 Å². The molecular weight excluding hydrogens is 320 g/mol. The van der Waals surface area contributed by atoms with Crippen molar-refractivity contribution in [1.82, 2.24) is 29.9 Å². The molecule has 0 saturated heterocycles. The molecule has 132 valence electrons. The molecule has 2 atom stereocenters. The van der Waals surface area contributed by atoms with E-state index in [1.54, 1.807) is 17.8 Å². The highest BCUT2D eigenvalue weighted by Crippen LogP contribution is 2.34. The largest absolute Gasteiger partial charge is 0.391 e. The summed E-state index contributed by atoms with van der Waals surface area (Å²) in [5.74, 6) is 2.52. The molecule has 4 rings (SSSR count). The number of hydrogen-bond donors (Lipinski definition) is 4. The van der Waals surface area contributed by atoms with E-state index in [2.05, 4.69) is 42.8 Å². The molecule has 0 aliphatic heterocycles. The molecule has 4 N–H and O–H groups in total. The van der Waals surface area contributed by atoms with E-state index in [-0.39, 0.29) is 0 Å². The first-order valence-electron chi connectivity index (χ1n) is 8.55. The summed E-state index contributed by atoms with van der Waals surface area (Å²) in [5, 5.41) is 25.0. The maximum absolute atomic E-state index is 9.42. The quantitative estimate of drug-likeness (QED) is 0.518. The Morgan fingerprint density at radius 3 is 2.96 bits per heavy atom. The highest BCUT2D eigenvalue weighted by molar-refractivity contribution is 5.88. The summed E-state index contributed by atoms with van der Waals surface area (Å²) < 4.78 is 1.58. The van der Waals surface area contributed by atoms with Crippen molar-refractivity contribution in [2.45, 2.75) is 45.4 Å². The topological polar surface area (TPSA) is 117 Å². The highest BCUT2D eigenvalue weighted by Gasteiger charge is 2.28. The molecule has 1 aliphatic rings. The Kier molecular flexibility index (Phi) is 4.00. The maximum Gasteiger partial charge on any atom is 0.232 e. The van der Waals surface area contributed by atoms with Gasteiger partial charge in [0.2, 0.25) is 5.95 Å². The smallest absolute Gasteiger partial charge is 0.232 e. The van der Waals surface area contributed by atoms with Crippen LogP contribution >= 0.6 is 0 Å². The van der Waals surface area contributed by atoms with Crippen LogP contribution in [0.5, 0.6) is 0 Å². The number of anilines is 3. The fourth-order valence-electron chi connectivity index (χ4n) is 2.87. The Labute approximate surface area is 144 Å². The predicted octanol–water partition coefficient (Wildman–Crippen LogP) is 1.88. The van der Waals surface area contributed by atoms with Crippen LogP contribution in [-0.2, 0) is 6.54 Å². The normalized spacial score (nSPS) is 16.8. The van der Waals surface area contributed by atoms with Crippen LogP contribution in [0.15, 0.2) is 18.5 Å². The molecule has 3 heterocycles. The van der Waals surface area contributed by atoms with Crippen LogP contribution in [0.4, 0.5) is 17.6 Å². The van der Waals surface area contributed by atoms with E-state index in [9.17, 15) is 5.11 Å². The minimum atomic E-state index is -0.485. The van der Waals surface area contributed by atoms with Gasteiger partial charge in [-0.25, -0.2) is 4.68 Å². The van der Waals surface area contributed by atoms with E-state index in [0.29, 0.717) is 24.4 Å². The van der Waals surface area contributed by atoms with Crippen LogP contribution in [0.2, 0.25) is 0 Å². The highest BCUT2D eigenvalue weighted by atomic mass is 16.3. The van der Waals surface area contributed by atoms with Crippen molar-refractivity contribution in [2.24, 2.45) is 5.92 Å². The van der Waals surface area contributed by atoms with Crippen molar-refractivity contribution in [1.29, 1.82) is 0 Å². The molecule has 25 heavy (non-hydrogen) atoms. The Bertz CT molecular complexity index is 866. The third-order valence-electron chi connectivity index (χ3n) is 4.34. The zero-order valence-corrected chi connectivity index (χ0v) is 14.3. The van der Waals surface area contributed by atoms with Gasteiger partial charge in [-0.05, 0) is 38.7 Å². The Morgan fingerprint density at radius 2 is 2.20 bits per heavy atom. The van der Waals surface area contributed by atoms with Crippen molar-refractivity contribution in [3.8, 4) is 0 Å². The van der Waals surface area contributed by atoms with Crippen molar-refractivity contribution < 1.29 is 5.11 Å². The van der Waals surface area contributed by atoms with Gasteiger partial charge in [0.1, 0.15) is 11.5 Å². The van der Waals surface area contributed by atoms with E-state index in [0.717, 1.165) is 22.8 Å². The third kappa shape index (κ3) is 3.55. The second kappa shape index (κ2) is 6.32. The first-order valence-corrected chi connectivity index (χ1v) is 8.55. The number of aliphatic hydroxyl groups is 1. The molecule has 0 amide bonds. The van der Waals surface area contributed by atoms with Gasteiger partial charge >= 0.3 is 0 Å². The molecule has 0 spiro atoms. The summed E-state index contributed by atoms with van der Waals surface area (Å²) in [6, 6.07) is 2.35. The average molecular weight is 342 g/mol. The summed E-state index contributed by atoms with van der Waals surface area (Å²) in [5.41, 5.74) is 0.763. The second-order valence-corrected chi connectivity index (χ2v) is 6.71.